The fourth-order valence-electron chi connectivity index (χ4n) is 1.26. The molecule has 0 bridgehead atoms. The molecule has 0 aliphatic rings. The van der Waals surface area contributed by atoms with Crippen LogP contribution in [-0.2, 0) is 18.2 Å². The van der Waals surface area contributed by atoms with Gasteiger partial charge in [0.15, 0.2) is 0 Å². The Morgan fingerprint density at radius 1 is 1.21 bits per heavy atom. The Balaban J connectivity index is 2.78. The average molecular weight is 289 g/mol. The highest BCUT2D eigenvalue weighted by Crippen LogP contribution is 2.49. The fourth-order valence-corrected chi connectivity index (χ4v) is 2.28. The monoisotopic (exact) mass is 289 g/mol. The van der Waals surface area contributed by atoms with E-state index in [1.54, 1.807) is 32.9 Å². The molecule has 0 unspecified atom stereocenters. The minimum absolute atomic E-state index is 0.183. The summed E-state index contributed by atoms with van der Waals surface area (Å²) < 4.78 is 39.4. The van der Waals surface area contributed by atoms with Gasteiger partial charge in [-0.3, -0.25) is 13.7 Å². The number of halogens is 1. The van der Waals surface area contributed by atoms with Crippen molar-refractivity contribution in [2.45, 2.75) is 20.8 Å². The first-order chi connectivity index (χ1) is 9.00. The van der Waals surface area contributed by atoms with Crippen LogP contribution in [0.25, 0.3) is 0 Å². The Morgan fingerprint density at radius 3 is 2.21 bits per heavy atom. The molecule has 1 aromatic rings. The van der Waals surface area contributed by atoms with Crippen LogP contribution in [0.4, 0.5) is 4.39 Å². The summed E-state index contributed by atoms with van der Waals surface area (Å²) in [5, 5.41) is 3.71. The van der Waals surface area contributed by atoms with Gasteiger partial charge in [-0.15, -0.1) is 0 Å². The van der Waals surface area contributed by atoms with E-state index in [1.165, 1.54) is 12.1 Å². The zero-order valence-corrected chi connectivity index (χ0v) is 12.0. The smallest absolute Gasteiger partial charge is 0.292 e. The quantitative estimate of drug-likeness (QED) is 0.436. The van der Waals surface area contributed by atoms with Crippen LogP contribution in [0, 0.1) is 5.82 Å². The van der Waals surface area contributed by atoms with E-state index in [-0.39, 0.29) is 19.0 Å². The van der Waals surface area contributed by atoms with Crippen molar-refractivity contribution < 1.29 is 22.6 Å². The second-order valence-electron chi connectivity index (χ2n) is 3.55. The van der Waals surface area contributed by atoms with E-state index < -0.39 is 7.82 Å². The molecule has 0 aliphatic carbocycles. The molecule has 0 saturated heterocycles. The van der Waals surface area contributed by atoms with E-state index in [9.17, 15) is 8.96 Å². The summed E-state index contributed by atoms with van der Waals surface area (Å²) in [5.41, 5.74) is 1.10. The van der Waals surface area contributed by atoms with Crippen molar-refractivity contribution in [3.63, 3.8) is 0 Å². The Kier molecular flexibility index (Phi) is 6.15. The molecule has 0 saturated carbocycles. The number of phosphoric ester groups is 1. The maximum atomic E-state index is 12.8. The van der Waals surface area contributed by atoms with Crippen LogP contribution >= 0.6 is 7.82 Å². The average Bonchev–Trinajstić information content (AvgIpc) is 2.37. The van der Waals surface area contributed by atoms with Crippen molar-refractivity contribution in [3.05, 3.63) is 35.6 Å². The van der Waals surface area contributed by atoms with Gasteiger partial charge in [-0.2, -0.15) is 0 Å². The molecular formula is C12H17FNO4P. The standard InChI is InChI=1S/C12H17FNO4P/c1-4-16-19(15,17-5-2)18-14-10(3)11-6-8-12(13)9-7-11/h6-9H,4-5H2,1-3H3/b14-10-. The summed E-state index contributed by atoms with van der Waals surface area (Å²) in [6, 6.07) is 5.70. The van der Waals surface area contributed by atoms with E-state index in [4.69, 9.17) is 13.7 Å². The summed E-state index contributed by atoms with van der Waals surface area (Å²) >= 11 is 0. The Bertz CT molecular complexity index is 465. The summed E-state index contributed by atoms with van der Waals surface area (Å²) in [6.07, 6.45) is 0. The minimum atomic E-state index is -3.66. The van der Waals surface area contributed by atoms with Gasteiger partial charge in [0.1, 0.15) is 5.82 Å². The van der Waals surface area contributed by atoms with Crippen molar-refractivity contribution in [2.24, 2.45) is 5.16 Å². The molecule has 0 radical (unpaired) electrons. The predicted octanol–water partition coefficient (Wildman–Crippen LogP) is 3.75. The molecule has 0 heterocycles. The second kappa shape index (κ2) is 7.38. The van der Waals surface area contributed by atoms with Crippen molar-refractivity contribution in [1.29, 1.82) is 0 Å². The van der Waals surface area contributed by atoms with Gasteiger partial charge >= 0.3 is 7.82 Å². The van der Waals surface area contributed by atoms with Gasteiger partial charge in [0.25, 0.3) is 0 Å². The number of benzene rings is 1. The highest BCUT2D eigenvalue weighted by Gasteiger charge is 2.27. The SMILES string of the molecule is CCOP(=O)(OCC)O/N=C(/C)c1ccc(F)cc1. The summed E-state index contributed by atoms with van der Waals surface area (Å²) in [4.78, 5) is 0. The largest absolute Gasteiger partial charge is 0.550 e. The van der Waals surface area contributed by atoms with E-state index in [1.807, 2.05) is 0 Å². The van der Waals surface area contributed by atoms with Crippen LogP contribution in [0.15, 0.2) is 29.4 Å². The first-order valence-electron chi connectivity index (χ1n) is 5.89. The molecule has 106 valence electrons. The molecule has 7 heteroatoms. The third kappa shape index (κ3) is 5.11. The number of hydrogen-bond donors (Lipinski definition) is 0. The van der Waals surface area contributed by atoms with Crippen LogP contribution < -0.4 is 0 Å². The number of oxime groups is 1. The van der Waals surface area contributed by atoms with Crippen LogP contribution in [0.5, 0.6) is 0 Å². The van der Waals surface area contributed by atoms with Gasteiger partial charge in [0.05, 0.1) is 18.9 Å². The molecule has 0 spiro atoms. The normalized spacial score (nSPS) is 12.5. The molecule has 5 nitrogen and oxygen atoms in total. The predicted molar refractivity (Wildman–Crippen MR) is 70.6 cm³/mol. The van der Waals surface area contributed by atoms with Crippen LogP contribution in [0.3, 0.4) is 0 Å². The fraction of sp³-hybridized carbons (Fsp3) is 0.417. The molecule has 19 heavy (non-hydrogen) atoms. The lowest BCUT2D eigenvalue weighted by molar-refractivity contribution is 0.125. The van der Waals surface area contributed by atoms with E-state index in [0.29, 0.717) is 11.3 Å². The van der Waals surface area contributed by atoms with E-state index in [0.717, 1.165) is 0 Å². The number of hydrogen-bond acceptors (Lipinski definition) is 5. The number of nitrogens with zero attached hydrogens (tertiary/aromatic N) is 1. The summed E-state index contributed by atoms with van der Waals surface area (Å²) in [7, 11) is -3.66. The second-order valence-corrected chi connectivity index (χ2v) is 5.12. The summed E-state index contributed by atoms with van der Waals surface area (Å²) in [5.74, 6) is -0.341. The van der Waals surface area contributed by atoms with E-state index >= 15 is 0 Å². The van der Waals surface area contributed by atoms with Crippen LogP contribution in [0.1, 0.15) is 26.3 Å². The zero-order valence-electron chi connectivity index (χ0n) is 11.1. The van der Waals surface area contributed by atoms with Gasteiger partial charge < -0.3 is 0 Å². The first kappa shape index (κ1) is 15.8. The molecule has 0 amide bonds. The summed E-state index contributed by atoms with van der Waals surface area (Å²) in [6.45, 7) is 5.36. The topological polar surface area (TPSA) is 57.1 Å². The molecule has 1 rings (SSSR count). The third-order valence-corrected chi connectivity index (χ3v) is 3.54. The van der Waals surface area contributed by atoms with Crippen molar-refractivity contribution in [2.75, 3.05) is 13.2 Å². The maximum Gasteiger partial charge on any atom is 0.550 e. The van der Waals surface area contributed by atoms with Crippen LogP contribution in [-0.4, -0.2) is 18.9 Å². The zero-order chi connectivity index (χ0) is 14.3. The Labute approximate surface area is 112 Å². The molecule has 0 fully saturated rings. The van der Waals surface area contributed by atoms with Gasteiger partial charge in [0, 0.05) is 0 Å². The van der Waals surface area contributed by atoms with Crippen LogP contribution in [0.2, 0.25) is 0 Å². The first-order valence-corrected chi connectivity index (χ1v) is 7.35. The molecular weight excluding hydrogens is 272 g/mol. The van der Waals surface area contributed by atoms with Gasteiger partial charge in [0.2, 0.25) is 0 Å². The Hall–Kier alpha value is -1.23. The van der Waals surface area contributed by atoms with E-state index in [2.05, 4.69) is 5.16 Å². The molecule has 0 N–H and O–H groups in total. The third-order valence-electron chi connectivity index (χ3n) is 2.11. The number of rotatable bonds is 7. The minimum Gasteiger partial charge on any atom is -0.292 e. The van der Waals surface area contributed by atoms with Gasteiger partial charge in [-0.05, 0) is 38.5 Å². The lowest BCUT2D eigenvalue weighted by atomic mass is 10.1. The highest BCUT2D eigenvalue weighted by molar-refractivity contribution is 7.48. The lowest BCUT2D eigenvalue weighted by Gasteiger charge is -2.13. The molecule has 1 aromatic carbocycles. The molecule has 0 aliphatic heterocycles. The van der Waals surface area contributed by atoms with Gasteiger partial charge in [-0.25, -0.2) is 8.96 Å². The maximum absolute atomic E-state index is 12.8. The number of phosphoric acid groups is 1. The molecule has 0 atom stereocenters. The van der Waals surface area contributed by atoms with Crippen molar-refractivity contribution in [3.8, 4) is 0 Å². The van der Waals surface area contributed by atoms with Crippen molar-refractivity contribution >= 4 is 13.5 Å². The van der Waals surface area contributed by atoms with Gasteiger partial charge in [-0.1, -0.05) is 17.3 Å². The lowest BCUT2D eigenvalue weighted by Crippen LogP contribution is -2.00. The Morgan fingerprint density at radius 2 is 1.74 bits per heavy atom. The highest BCUT2D eigenvalue weighted by atomic mass is 31.2. The molecule has 0 aromatic heterocycles. The van der Waals surface area contributed by atoms with Crippen molar-refractivity contribution in [1.82, 2.24) is 0 Å².